The summed E-state index contributed by atoms with van der Waals surface area (Å²) < 4.78 is 13.7. The summed E-state index contributed by atoms with van der Waals surface area (Å²) in [4.78, 5) is 24.6. The van der Waals surface area contributed by atoms with Gasteiger partial charge in [-0.1, -0.05) is 11.6 Å². The highest BCUT2D eigenvalue weighted by Gasteiger charge is 2.38. The average molecular weight is 266 g/mol. The Kier molecular flexibility index (Phi) is 3.53. The average Bonchev–Trinajstić information content (AvgIpc) is 2.74. The Labute approximate surface area is 109 Å². The molecule has 6 heteroatoms. The summed E-state index contributed by atoms with van der Waals surface area (Å²) in [6.45, 7) is 1.72. The van der Waals surface area contributed by atoms with Crippen LogP contribution in [0.5, 0.6) is 0 Å². The Morgan fingerprint density at radius 1 is 1.47 bits per heavy atom. The molecule has 3 N–H and O–H groups in total. The Hall–Kier alpha value is -1.95. The third-order valence-corrected chi connectivity index (χ3v) is 3.22. The van der Waals surface area contributed by atoms with E-state index in [4.69, 9.17) is 5.73 Å². The number of carbonyl (C=O) groups is 2. The van der Waals surface area contributed by atoms with Crippen LogP contribution in [0.3, 0.4) is 0 Å². The van der Waals surface area contributed by atoms with E-state index in [2.05, 4.69) is 0 Å². The molecule has 0 bridgehead atoms. The summed E-state index contributed by atoms with van der Waals surface area (Å²) in [6, 6.07) is 3.29. The molecule has 2 amide bonds. The van der Waals surface area contributed by atoms with Gasteiger partial charge >= 0.3 is 0 Å². The highest BCUT2D eigenvalue weighted by molar-refractivity contribution is 5.98. The SMILES string of the molecule is Cc1ccc(F)c(C(=O)N2CC(O)CC2C(N)=O)c1. The van der Waals surface area contributed by atoms with Gasteiger partial charge in [0.15, 0.2) is 0 Å². The molecule has 2 rings (SSSR count). The third-order valence-electron chi connectivity index (χ3n) is 3.22. The van der Waals surface area contributed by atoms with Crippen molar-refractivity contribution in [1.29, 1.82) is 0 Å². The van der Waals surface area contributed by atoms with E-state index in [1.54, 1.807) is 13.0 Å². The maximum absolute atomic E-state index is 13.7. The minimum absolute atomic E-state index is 0.0141. The first kappa shape index (κ1) is 13.5. The third kappa shape index (κ3) is 2.58. The van der Waals surface area contributed by atoms with Crippen LogP contribution in [0, 0.1) is 12.7 Å². The van der Waals surface area contributed by atoms with Crippen molar-refractivity contribution in [2.45, 2.75) is 25.5 Å². The lowest BCUT2D eigenvalue weighted by Crippen LogP contribution is -2.44. The molecule has 1 fully saturated rings. The standard InChI is InChI=1S/C13H15FN2O3/c1-7-2-3-10(14)9(4-7)13(19)16-6-8(17)5-11(16)12(15)18/h2-4,8,11,17H,5-6H2,1H3,(H2,15,18). The number of rotatable bonds is 2. The van der Waals surface area contributed by atoms with Gasteiger partial charge in [0, 0.05) is 13.0 Å². The molecule has 1 aliphatic heterocycles. The number of hydrogen-bond acceptors (Lipinski definition) is 3. The van der Waals surface area contributed by atoms with Crippen molar-refractivity contribution in [3.63, 3.8) is 0 Å². The van der Waals surface area contributed by atoms with Crippen molar-refractivity contribution in [3.8, 4) is 0 Å². The first-order valence-corrected chi connectivity index (χ1v) is 5.94. The highest BCUT2D eigenvalue weighted by Crippen LogP contribution is 2.22. The lowest BCUT2D eigenvalue weighted by molar-refractivity contribution is -0.121. The number of aliphatic hydroxyl groups excluding tert-OH is 1. The largest absolute Gasteiger partial charge is 0.391 e. The summed E-state index contributed by atoms with van der Waals surface area (Å²) in [5.74, 6) is -1.97. The molecule has 0 radical (unpaired) electrons. The number of likely N-dealkylation sites (tertiary alicyclic amines) is 1. The minimum Gasteiger partial charge on any atom is -0.391 e. The number of hydrogen-bond donors (Lipinski definition) is 2. The molecule has 19 heavy (non-hydrogen) atoms. The molecule has 2 unspecified atom stereocenters. The monoisotopic (exact) mass is 266 g/mol. The molecule has 1 aliphatic rings. The van der Waals surface area contributed by atoms with Gasteiger partial charge in [0.2, 0.25) is 5.91 Å². The smallest absolute Gasteiger partial charge is 0.257 e. The van der Waals surface area contributed by atoms with Crippen molar-refractivity contribution >= 4 is 11.8 Å². The number of primary amides is 1. The molecule has 2 atom stereocenters. The minimum atomic E-state index is -0.887. The van der Waals surface area contributed by atoms with E-state index in [0.717, 1.165) is 10.5 Å². The van der Waals surface area contributed by atoms with Crippen LogP contribution in [0.15, 0.2) is 18.2 Å². The first-order valence-electron chi connectivity index (χ1n) is 5.94. The zero-order valence-electron chi connectivity index (χ0n) is 10.5. The van der Waals surface area contributed by atoms with E-state index in [1.807, 2.05) is 0 Å². The number of nitrogens with two attached hydrogens (primary N) is 1. The number of β-amino-alcohol motifs (C(OH)–C–C–N with tert-alkyl or cyclic N) is 1. The molecule has 102 valence electrons. The predicted octanol–water partition coefficient (Wildman–Crippen LogP) is 0.195. The molecular formula is C13H15FN2O3. The van der Waals surface area contributed by atoms with E-state index < -0.39 is 29.8 Å². The molecule has 0 aliphatic carbocycles. The number of amides is 2. The lowest BCUT2D eigenvalue weighted by atomic mass is 10.1. The summed E-state index contributed by atoms with van der Waals surface area (Å²) in [5.41, 5.74) is 5.82. The second-order valence-electron chi connectivity index (χ2n) is 4.75. The summed E-state index contributed by atoms with van der Waals surface area (Å²) in [5, 5.41) is 9.54. The fourth-order valence-corrected chi connectivity index (χ4v) is 2.27. The Bertz CT molecular complexity index is 533. The zero-order valence-corrected chi connectivity index (χ0v) is 10.5. The number of aryl methyl sites for hydroxylation is 1. The highest BCUT2D eigenvalue weighted by atomic mass is 19.1. The summed E-state index contributed by atoms with van der Waals surface area (Å²) in [6.07, 6.45) is -0.719. The molecule has 1 heterocycles. The fraction of sp³-hybridized carbons (Fsp3) is 0.385. The van der Waals surface area contributed by atoms with E-state index in [-0.39, 0.29) is 18.5 Å². The van der Waals surface area contributed by atoms with E-state index in [1.165, 1.54) is 12.1 Å². The van der Waals surface area contributed by atoms with Crippen molar-refractivity contribution in [2.75, 3.05) is 6.54 Å². The van der Waals surface area contributed by atoms with Crippen LogP contribution in [0.25, 0.3) is 0 Å². The Morgan fingerprint density at radius 2 is 2.16 bits per heavy atom. The number of aliphatic hydroxyl groups is 1. The molecule has 1 saturated heterocycles. The summed E-state index contributed by atoms with van der Waals surface area (Å²) >= 11 is 0. The maximum Gasteiger partial charge on any atom is 0.257 e. The van der Waals surface area contributed by atoms with Crippen LogP contribution in [0.1, 0.15) is 22.3 Å². The van der Waals surface area contributed by atoms with Gasteiger partial charge in [-0.25, -0.2) is 4.39 Å². The quantitative estimate of drug-likeness (QED) is 0.801. The number of carbonyl (C=O) groups excluding carboxylic acids is 2. The number of benzene rings is 1. The van der Waals surface area contributed by atoms with Crippen LogP contribution >= 0.6 is 0 Å². The van der Waals surface area contributed by atoms with Crippen molar-refractivity contribution in [3.05, 3.63) is 35.1 Å². The van der Waals surface area contributed by atoms with Crippen molar-refractivity contribution in [2.24, 2.45) is 5.73 Å². The normalized spacial score (nSPS) is 22.6. The van der Waals surface area contributed by atoms with Gasteiger partial charge in [-0.2, -0.15) is 0 Å². The summed E-state index contributed by atoms with van der Waals surface area (Å²) in [7, 11) is 0. The van der Waals surface area contributed by atoms with E-state index in [9.17, 15) is 19.1 Å². The van der Waals surface area contributed by atoms with Gasteiger partial charge in [0.25, 0.3) is 5.91 Å². The van der Waals surface area contributed by atoms with Crippen molar-refractivity contribution in [1.82, 2.24) is 4.90 Å². The lowest BCUT2D eigenvalue weighted by Gasteiger charge is -2.22. The van der Waals surface area contributed by atoms with E-state index >= 15 is 0 Å². The zero-order chi connectivity index (χ0) is 14.2. The van der Waals surface area contributed by atoms with Gasteiger partial charge in [0.1, 0.15) is 11.9 Å². The van der Waals surface area contributed by atoms with Crippen LogP contribution in [-0.2, 0) is 4.79 Å². The van der Waals surface area contributed by atoms with Gasteiger partial charge in [0.05, 0.1) is 11.7 Å². The van der Waals surface area contributed by atoms with Crippen molar-refractivity contribution < 1.29 is 19.1 Å². The molecule has 5 nitrogen and oxygen atoms in total. The van der Waals surface area contributed by atoms with Gasteiger partial charge in [-0.15, -0.1) is 0 Å². The molecule has 1 aromatic rings. The molecular weight excluding hydrogens is 251 g/mol. The van der Waals surface area contributed by atoms with Crippen LogP contribution in [0.2, 0.25) is 0 Å². The fourth-order valence-electron chi connectivity index (χ4n) is 2.27. The van der Waals surface area contributed by atoms with Crippen LogP contribution in [0.4, 0.5) is 4.39 Å². The first-order chi connectivity index (χ1) is 8.90. The Morgan fingerprint density at radius 3 is 2.79 bits per heavy atom. The molecule has 0 aromatic heterocycles. The van der Waals surface area contributed by atoms with E-state index in [0.29, 0.717) is 0 Å². The molecule has 0 saturated carbocycles. The molecule has 1 aromatic carbocycles. The van der Waals surface area contributed by atoms with Crippen LogP contribution < -0.4 is 5.73 Å². The second-order valence-corrected chi connectivity index (χ2v) is 4.75. The second kappa shape index (κ2) is 4.97. The van der Waals surface area contributed by atoms with Gasteiger partial charge in [-0.3, -0.25) is 9.59 Å². The predicted molar refractivity (Wildman–Crippen MR) is 65.8 cm³/mol. The number of nitrogens with zero attached hydrogens (tertiary/aromatic N) is 1. The van der Waals surface area contributed by atoms with Gasteiger partial charge in [-0.05, 0) is 19.1 Å². The number of halogens is 1. The molecule has 0 spiro atoms. The topological polar surface area (TPSA) is 83.6 Å². The maximum atomic E-state index is 13.7. The Balaban J connectivity index is 2.33. The van der Waals surface area contributed by atoms with Gasteiger partial charge < -0.3 is 15.7 Å². The van der Waals surface area contributed by atoms with Crippen LogP contribution in [-0.4, -0.2) is 40.5 Å².